The van der Waals surface area contributed by atoms with Crippen LogP contribution >= 0.6 is 22.6 Å². The van der Waals surface area contributed by atoms with Crippen LogP contribution in [0.5, 0.6) is 0 Å². The van der Waals surface area contributed by atoms with Crippen LogP contribution in [0.25, 0.3) is 0 Å². The summed E-state index contributed by atoms with van der Waals surface area (Å²) in [5.41, 5.74) is 1.40. The van der Waals surface area contributed by atoms with Gasteiger partial charge in [0.05, 0.1) is 24.5 Å². The molecule has 2 aromatic carbocycles. The summed E-state index contributed by atoms with van der Waals surface area (Å²) >= 11 is 2.18. The van der Waals surface area contributed by atoms with Crippen LogP contribution in [-0.2, 0) is 4.74 Å². The Morgan fingerprint density at radius 2 is 1.96 bits per heavy atom. The van der Waals surface area contributed by atoms with Crippen LogP contribution in [-0.4, -0.2) is 50.2 Å². The zero-order chi connectivity index (χ0) is 20.1. The average molecular weight is 501 g/mol. The Balaban J connectivity index is 1.74. The van der Waals surface area contributed by atoms with Gasteiger partial charge in [-0.15, -0.1) is 0 Å². The van der Waals surface area contributed by atoms with Gasteiger partial charge in [-0.25, -0.2) is 8.78 Å². The molecule has 0 atom stereocenters. The van der Waals surface area contributed by atoms with E-state index in [1.54, 1.807) is 6.07 Å². The second-order valence-electron chi connectivity index (χ2n) is 6.58. The molecule has 1 amide bonds. The van der Waals surface area contributed by atoms with Crippen molar-refractivity contribution in [3.63, 3.8) is 0 Å². The monoisotopic (exact) mass is 501 g/mol. The number of rotatable bonds is 6. The lowest BCUT2D eigenvalue weighted by Gasteiger charge is -2.26. The minimum atomic E-state index is -1.07. The van der Waals surface area contributed by atoms with Gasteiger partial charge in [0.25, 0.3) is 5.91 Å². The first-order valence-corrected chi connectivity index (χ1v) is 10.1. The zero-order valence-electron chi connectivity index (χ0n) is 15.5. The Morgan fingerprint density at radius 3 is 2.68 bits per heavy atom. The molecule has 0 bridgehead atoms. The number of nitrogens with zero attached hydrogens (tertiary/aromatic N) is 1. The van der Waals surface area contributed by atoms with E-state index in [-0.39, 0.29) is 11.3 Å². The van der Waals surface area contributed by atoms with Gasteiger partial charge < -0.3 is 15.4 Å². The van der Waals surface area contributed by atoms with Crippen molar-refractivity contribution in [2.24, 2.45) is 0 Å². The number of aryl methyl sites for hydroxylation is 1. The fourth-order valence-electron chi connectivity index (χ4n) is 3.01. The molecular weight excluding hydrogens is 479 g/mol. The highest BCUT2D eigenvalue weighted by atomic mass is 127. The molecule has 3 rings (SSSR count). The Labute approximate surface area is 176 Å². The normalized spacial score (nSPS) is 14.7. The molecule has 1 aliphatic heterocycles. The van der Waals surface area contributed by atoms with Gasteiger partial charge in [-0.1, -0.05) is 0 Å². The lowest BCUT2D eigenvalue weighted by Crippen LogP contribution is -2.41. The molecule has 8 heteroatoms. The van der Waals surface area contributed by atoms with Gasteiger partial charge in [-0.05, 0) is 65.4 Å². The van der Waals surface area contributed by atoms with E-state index in [1.165, 1.54) is 6.07 Å². The van der Waals surface area contributed by atoms with Crippen molar-refractivity contribution in [3.05, 3.63) is 56.7 Å². The number of benzene rings is 2. The molecule has 2 aromatic rings. The van der Waals surface area contributed by atoms with Crippen LogP contribution in [0.4, 0.5) is 20.2 Å². The molecule has 0 unspecified atom stereocenters. The summed E-state index contributed by atoms with van der Waals surface area (Å²) < 4.78 is 34.6. The molecule has 28 heavy (non-hydrogen) atoms. The fraction of sp³-hybridized carbons (Fsp3) is 0.350. The first-order valence-electron chi connectivity index (χ1n) is 9.05. The molecule has 0 radical (unpaired) electrons. The first kappa shape index (κ1) is 20.9. The smallest absolute Gasteiger partial charge is 0.253 e. The van der Waals surface area contributed by atoms with E-state index in [9.17, 15) is 13.6 Å². The summed E-state index contributed by atoms with van der Waals surface area (Å²) in [6.45, 7) is 5.96. The van der Waals surface area contributed by atoms with Crippen molar-refractivity contribution in [2.45, 2.75) is 6.92 Å². The molecule has 2 N–H and O–H groups in total. The number of carbonyl (C=O) groups is 1. The maximum absolute atomic E-state index is 14.5. The van der Waals surface area contributed by atoms with E-state index in [0.29, 0.717) is 32.0 Å². The number of hydrogen-bond acceptors (Lipinski definition) is 4. The Bertz CT molecular complexity index is 858. The molecule has 1 aliphatic rings. The lowest BCUT2D eigenvalue weighted by atomic mass is 10.1. The Morgan fingerprint density at radius 1 is 1.21 bits per heavy atom. The van der Waals surface area contributed by atoms with Crippen molar-refractivity contribution in [1.29, 1.82) is 0 Å². The van der Waals surface area contributed by atoms with Gasteiger partial charge in [0.1, 0.15) is 0 Å². The molecule has 1 fully saturated rings. The second kappa shape index (κ2) is 9.62. The summed E-state index contributed by atoms with van der Waals surface area (Å²) in [4.78, 5) is 14.8. The van der Waals surface area contributed by atoms with Gasteiger partial charge in [-0.3, -0.25) is 9.69 Å². The summed E-state index contributed by atoms with van der Waals surface area (Å²) in [6, 6.07) is 7.82. The van der Waals surface area contributed by atoms with Crippen molar-refractivity contribution < 1.29 is 18.3 Å². The molecule has 150 valence electrons. The SMILES string of the molecule is Cc1cc(I)ccc1Nc1c(C(=O)NCCN2CCOCC2)ccc(F)c1F. The van der Waals surface area contributed by atoms with E-state index in [0.717, 1.165) is 28.3 Å². The predicted molar refractivity (Wildman–Crippen MR) is 113 cm³/mol. The van der Waals surface area contributed by atoms with E-state index in [4.69, 9.17) is 4.74 Å². The molecule has 5 nitrogen and oxygen atoms in total. The molecule has 1 heterocycles. The van der Waals surface area contributed by atoms with Crippen LogP contribution in [0.3, 0.4) is 0 Å². The number of halogens is 3. The van der Waals surface area contributed by atoms with Crippen LogP contribution in [0.2, 0.25) is 0 Å². The fourth-order valence-corrected chi connectivity index (χ4v) is 3.66. The maximum Gasteiger partial charge on any atom is 0.253 e. The van der Waals surface area contributed by atoms with E-state index >= 15 is 0 Å². The number of morpholine rings is 1. The second-order valence-corrected chi connectivity index (χ2v) is 7.82. The van der Waals surface area contributed by atoms with Gasteiger partial charge >= 0.3 is 0 Å². The Kier molecular flexibility index (Phi) is 7.19. The third kappa shape index (κ3) is 5.18. The quantitative estimate of drug-likeness (QED) is 0.594. The van der Waals surface area contributed by atoms with Crippen LogP contribution in [0.1, 0.15) is 15.9 Å². The van der Waals surface area contributed by atoms with Crippen LogP contribution < -0.4 is 10.6 Å². The van der Waals surface area contributed by atoms with Crippen molar-refractivity contribution in [1.82, 2.24) is 10.2 Å². The molecule has 0 saturated carbocycles. The summed E-state index contributed by atoms with van der Waals surface area (Å²) in [5.74, 6) is -2.52. The number of ether oxygens (including phenoxy) is 1. The number of amides is 1. The van der Waals surface area contributed by atoms with E-state index in [2.05, 4.69) is 38.1 Å². The number of nitrogens with one attached hydrogen (secondary N) is 2. The highest BCUT2D eigenvalue weighted by molar-refractivity contribution is 14.1. The summed E-state index contributed by atoms with van der Waals surface area (Å²) in [7, 11) is 0. The molecule has 0 aromatic heterocycles. The van der Waals surface area contributed by atoms with Gasteiger partial charge in [0, 0.05) is 35.4 Å². The van der Waals surface area contributed by atoms with E-state index < -0.39 is 17.5 Å². The minimum Gasteiger partial charge on any atom is -0.379 e. The minimum absolute atomic E-state index is 0.0684. The topological polar surface area (TPSA) is 53.6 Å². The highest BCUT2D eigenvalue weighted by Crippen LogP contribution is 2.28. The molecule has 0 aliphatic carbocycles. The largest absolute Gasteiger partial charge is 0.379 e. The predicted octanol–water partition coefficient (Wildman–Crippen LogP) is 3.68. The molecule has 0 spiro atoms. The maximum atomic E-state index is 14.5. The van der Waals surface area contributed by atoms with Crippen molar-refractivity contribution in [3.8, 4) is 0 Å². The lowest BCUT2D eigenvalue weighted by molar-refractivity contribution is 0.0383. The average Bonchev–Trinajstić information content (AvgIpc) is 2.68. The van der Waals surface area contributed by atoms with Gasteiger partial charge in [0.2, 0.25) is 0 Å². The number of carbonyl (C=O) groups excluding carboxylic acids is 1. The van der Waals surface area contributed by atoms with E-state index in [1.807, 2.05) is 19.1 Å². The van der Waals surface area contributed by atoms with Crippen LogP contribution in [0, 0.1) is 22.1 Å². The first-order chi connectivity index (χ1) is 13.5. The van der Waals surface area contributed by atoms with Crippen molar-refractivity contribution >= 4 is 39.9 Å². The standard InChI is InChI=1S/C20H22F2IN3O2/c1-13-12-14(23)2-5-17(13)25-19-15(3-4-16(21)18(19)22)20(27)24-6-7-26-8-10-28-11-9-26/h2-5,12,25H,6-11H2,1H3,(H,24,27). The summed E-state index contributed by atoms with van der Waals surface area (Å²) in [5, 5.41) is 5.68. The third-order valence-electron chi connectivity index (χ3n) is 4.60. The zero-order valence-corrected chi connectivity index (χ0v) is 17.7. The third-order valence-corrected chi connectivity index (χ3v) is 5.28. The molecular formula is C20H22F2IN3O2. The van der Waals surface area contributed by atoms with Gasteiger partial charge in [0.15, 0.2) is 11.6 Å². The number of hydrogen-bond donors (Lipinski definition) is 2. The Hall–Kier alpha value is -1.78. The van der Waals surface area contributed by atoms with Crippen LogP contribution in [0.15, 0.2) is 30.3 Å². The number of anilines is 2. The highest BCUT2D eigenvalue weighted by Gasteiger charge is 2.20. The van der Waals surface area contributed by atoms with Gasteiger partial charge in [-0.2, -0.15) is 0 Å². The molecule has 1 saturated heterocycles. The summed E-state index contributed by atoms with van der Waals surface area (Å²) in [6.07, 6.45) is 0. The van der Waals surface area contributed by atoms with Crippen molar-refractivity contribution in [2.75, 3.05) is 44.7 Å².